The summed E-state index contributed by atoms with van der Waals surface area (Å²) < 4.78 is 67.6. The van der Waals surface area contributed by atoms with E-state index in [-0.39, 0.29) is 11.5 Å². The van der Waals surface area contributed by atoms with E-state index in [1.54, 1.807) is 50.2 Å². The summed E-state index contributed by atoms with van der Waals surface area (Å²) >= 11 is 0. The van der Waals surface area contributed by atoms with Crippen LogP contribution in [0.5, 0.6) is 11.5 Å². The maximum atomic E-state index is 12.3. The van der Waals surface area contributed by atoms with Gasteiger partial charge in [0.1, 0.15) is 36.9 Å². The zero-order valence-electron chi connectivity index (χ0n) is 37.0. The number of carbonyl (C=O) groups excluding carboxylic acids is 8. The van der Waals surface area contributed by atoms with E-state index in [0.717, 1.165) is 52.7 Å². The Labute approximate surface area is 368 Å². The molecule has 20 nitrogen and oxygen atoms in total. The van der Waals surface area contributed by atoms with E-state index in [1.807, 2.05) is 12.2 Å². The molecule has 0 aromatic heterocycles. The molecule has 64 heavy (non-hydrogen) atoms. The number of aryl methyl sites for hydroxylation is 2. The fourth-order valence-corrected chi connectivity index (χ4v) is 6.83. The lowest BCUT2D eigenvalue weighted by Crippen LogP contribution is -2.63. The summed E-state index contributed by atoms with van der Waals surface area (Å²) in [5.41, 5.74) is 2.70. The summed E-state index contributed by atoms with van der Waals surface area (Å²) in [6.45, 7) is 11.8. The van der Waals surface area contributed by atoms with E-state index in [4.69, 9.17) is 56.8 Å². The Balaban J connectivity index is 1.57. The lowest BCUT2D eigenvalue weighted by molar-refractivity contribution is -0.288. The maximum Gasteiger partial charge on any atom is 0.303 e. The summed E-state index contributed by atoms with van der Waals surface area (Å²) in [4.78, 5) is 96.5. The molecular weight excluding hydrogens is 848 g/mol. The highest BCUT2D eigenvalue weighted by atomic mass is 16.7. The zero-order valence-corrected chi connectivity index (χ0v) is 37.0. The van der Waals surface area contributed by atoms with Crippen LogP contribution in [0.15, 0.2) is 36.4 Å². The van der Waals surface area contributed by atoms with E-state index in [1.165, 1.54) is 13.8 Å². The SMILES string of the molecule is CC(=O)OC[C@H]1O[C@H](Oc2ccc(/C=C/c3ccc(O[C@H]4O[C@H](COC(C)=O)[C@@H](OC(C)=O)[C@H](OC(C)=O)[C@@H]4OC(C)=O)c(C)c3)cc2C)[C@@H](OC(C)=O)[C@@H](OC(C)=O)[C@@H]1OC(C)=O. The van der Waals surface area contributed by atoms with Gasteiger partial charge in [-0.05, 0) is 60.4 Å². The molecule has 0 saturated carbocycles. The number of hydrogen-bond donors (Lipinski definition) is 0. The van der Waals surface area contributed by atoms with Crippen molar-refractivity contribution >= 4 is 59.9 Å². The molecule has 0 bridgehead atoms. The third-order valence-corrected chi connectivity index (χ3v) is 9.25. The average Bonchev–Trinajstić information content (AvgIpc) is 3.17. The number of esters is 8. The van der Waals surface area contributed by atoms with Crippen molar-refractivity contribution in [3.05, 3.63) is 58.7 Å². The molecule has 348 valence electrons. The monoisotopic (exact) mass is 900 g/mol. The number of hydrogen-bond acceptors (Lipinski definition) is 20. The van der Waals surface area contributed by atoms with Gasteiger partial charge < -0.3 is 56.8 Å². The predicted molar refractivity (Wildman–Crippen MR) is 216 cm³/mol. The molecule has 4 rings (SSSR count). The van der Waals surface area contributed by atoms with Crippen molar-refractivity contribution in [3.63, 3.8) is 0 Å². The van der Waals surface area contributed by atoms with Crippen molar-refractivity contribution in [1.29, 1.82) is 0 Å². The fraction of sp³-hybridized carbons (Fsp3) is 0.500. The standard InChI is InChI=1S/C44H52O20/c1-21-17-31(13-15-33(21)61-43-41(59-29(9)51)39(57-27(7)49)37(55-25(5)47)35(63-43)19-53-23(3)45)11-12-32-14-16-34(22(2)18-32)62-44-42(60-30(10)52)40(58-28(8)50)38(56-26(6)48)36(64-44)20-54-24(4)46/h11-18,35-44H,19-20H2,1-10H3/b12-11+/t35-,36-,37-,38-,39+,40+,41+,42+,43+,44+/m1/s1. The van der Waals surface area contributed by atoms with E-state index in [0.29, 0.717) is 11.1 Å². The van der Waals surface area contributed by atoms with Gasteiger partial charge >= 0.3 is 47.8 Å². The molecule has 0 amide bonds. The van der Waals surface area contributed by atoms with Crippen molar-refractivity contribution in [1.82, 2.24) is 0 Å². The Bertz CT molecular complexity index is 1950. The van der Waals surface area contributed by atoms with Crippen molar-refractivity contribution < 1.29 is 95.2 Å². The second kappa shape index (κ2) is 22.7. The molecule has 0 radical (unpaired) electrons. The van der Waals surface area contributed by atoms with Crippen molar-refractivity contribution in [2.45, 2.75) is 131 Å². The fourth-order valence-electron chi connectivity index (χ4n) is 6.83. The highest BCUT2D eigenvalue weighted by molar-refractivity contribution is 5.72. The van der Waals surface area contributed by atoms with E-state index >= 15 is 0 Å². The molecular formula is C44H52O20. The topological polar surface area (TPSA) is 247 Å². The van der Waals surface area contributed by atoms with Crippen LogP contribution in [0.3, 0.4) is 0 Å². The smallest absolute Gasteiger partial charge is 0.303 e. The maximum absolute atomic E-state index is 12.3. The molecule has 20 heteroatoms. The average molecular weight is 901 g/mol. The Hall–Kier alpha value is -6.54. The first-order valence-corrected chi connectivity index (χ1v) is 19.9. The van der Waals surface area contributed by atoms with Crippen LogP contribution in [-0.2, 0) is 85.7 Å². The second-order valence-electron chi connectivity index (χ2n) is 14.8. The van der Waals surface area contributed by atoms with Crippen LogP contribution in [0.4, 0.5) is 0 Å². The van der Waals surface area contributed by atoms with E-state index < -0.39 is 122 Å². The summed E-state index contributed by atoms with van der Waals surface area (Å²) in [6, 6.07) is 10.3. The van der Waals surface area contributed by atoms with Gasteiger partial charge in [-0.3, -0.25) is 38.4 Å². The van der Waals surface area contributed by atoms with Gasteiger partial charge in [-0.25, -0.2) is 0 Å². The van der Waals surface area contributed by atoms with Gasteiger partial charge in [-0.15, -0.1) is 0 Å². The predicted octanol–water partition coefficient (Wildman–Crippen LogP) is 3.40. The molecule has 0 aliphatic carbocycles. The zero-order chi connectivity index (χ0) is 47.4. The molecule has 2 fully saturated rings. The summed E-state index contributed by atoms with van der Waals surface area (Å²) in [6.07, 6.45) is -9.90. The van der Waals surface area contributed by atoms with E-state index in [2.05, 4.69) is 0 Å². The minimum Gasteiger partial charge on any atom is -0.463 e. The molecule has 2 aromatic rings. The minimum absolute atomic E-state index is 0.289. The molecule has 0 spiro atoms. The van der Waals surface area contributed by atoms with Crippen LogP contribution in [-0.4, -0.2) is 122 Å². The van der Waals surface area contributed by atoms with Gasteiger partial charge in [0.25, 0.3) is 0 Å². The number of carbonyl (C=O) groups is 8. The molecule has 2 aliphatic rings. The molecule has 10 atom stereocenters. The van der Waals surface area contributed by atoms with E-state index in [9.17, 15) is 38.4 Å². The third-order valence-electron chi connectivity index (χ3n) is 9.25. The molecule has 2 heterocycles. The van der Waals surface area contributed by atoms with Crippen molar-refractivity contribution in [2.24, 2.45) is 0 Å². The Morgan fingerprint density at radius 3 is 1.02 bits per heavy atom. The molecule has 0 unspecified atom stereocenters. The quantitative estimate of drug-likeness (QED) is 0.133. The summed E-state index contributed by atoms with van der Waals surface area (Å²) in [5.74, 6) is -5.36. The molecule has 2 aliphatic heterocycles. The first kappa shape index (κ1) is 50.1. The van der Waals surface area contributed by atoms with Gasteiger partial charge in [-0.1, -0.05) is 24.3 Å². The Kier molecular flexibility index (Phi) is 17.8. The van der Waals surface area contributed by atoms with Crippen LogP contribution in [0, 0.1) is 13.8 Å². The largest absolute Gasteiger partial charge is 0.463 e. The highest BCUT2D eigenvalue weighted by Gasteiger charge is 2.55. The van der Waals surface area contributed by atoms with Crippen molar-refractivity contribution in [2.75, 3.05) is 13.2 Å². The Morgan fingerprint density at radius 1 is 0.438 bits per heavy atom. The van der Waals surface area contributed by atoms with Crippen LogP contribution in [0.25, 0.3) is 12.2 Å². The normalized spacial score (nSPS) is 25.2. The van der Waals surface area contributed by atoms with Crippen LogP contribution >= 0.6 is 0 Å². The van der Waals surface area contributed by atoms with Gasteiger partial charge in [0.05, 0.1) is 0 Å². The van der Waals surface area contributed by atoms with Gasteiger partial charge in [-0.2, -0.15) is 0 Å². The van der Waals surface area contributed by atoms with Gasteiger partial charge in [0.2, 0.25) is 24.8 Å². The van der Waals surface area contributed by atoms with Crippen LogP contribution < -0.4 is 9.47 Å². The lowest BCUT2D eigenvalue weighted by atomic mass is 9.98. The number of ether oxygens (including phenoxy) is 12. The van der Waals surface area contributed by atoms with Gasteiger partial charge in [0.15, 0.2) is 24.4 Å². The van der Waals surface area contributed by atoms with Crippen LogP contribution in [0.2, 0.25) is 0 Å². The third kappa shape index (κ3) is 14.5. The number of benzene rings is 2. The van der Waals surface area contributed by atoms with Crippen LogP contribution in [0.1, 0.15) is 77.6 Å². The summed E-state index contributed by atoms with van der Waals surface area (Å²) in [5, 5.41) is 0. The highest BCUT2D eigenvalue weighted by Crippen LogP contribution is 2.34. The van der Waals surface area contributed by atoms with Crippen molar-refractivity contribution in [3.8, 4) is 11.5 Å². The molecule has 0 N–H and O–H groups in total. The summed E-state index contributed by atoms with van der Waals surface area (Å²) in [7, 11) is 0. The second-order valence-corrected chi connectivity index (χ2v) is 14.8. The molecule has 2 saturated heterocycles. The minimum atomic E-state index is -1.42. The Morgan fingerprint density at radius 2 is 0.734 bits per heavy atom. The first-order chi connectivity index (χ1) is 30.1. The number of rotatable bonds is 16. The van der Waals surface area contributed by atoms with Gasteiger partial charge in [0, 0.05) is 55.4 Å². The first-order valence-electron chi connectivity index (χ1n) is 19.9. The molecule has 2 aromatic carbocycles. The lowest BCUT2D eigenvalue weighted by Gasteiger charge is -2.44.